The summed E-state index contributed by atoms with van der Waals surface area (Å²) in [6.07, 6.45) is 0.695. The topological polar surface area (TPSA) is 60.4 Å². The van der Waals surface area contributed by atoms with Crippen molar-refractivity contribution in [2.75, 3.05) is 63.9 Å². The lowest BCUT2D eigenvalue weighted by Gasteiger charge is -2.36. The van der Waals surface area contributed by atoms with Crippen LogP contribution in [0.4, 0.5) is 19.3 Å². The third-order valence-electron chi connectivity index (χ3n) is 5.49. The summed E-state index contributed by atoms with van der Waals surface area (Å²) in [6, 6.07) is 4.06. The predicted molar refractivity (Wildman–Crippen MR) is 128 cm³/mol. The molecule has 1 unspecified atom stereocenters. The van der Waals surface area contributed by atoms with Crippen LogP contribution in [0.25, 0.3) is 0 Å². The largest absolute Gasteiger partial charge is 0.450 e. The Morgan fingerprint density at radius 3 is 2.48 bits per heavy atom. The van der Waals surface area contributed by atoms with Gasteiger partial charge in [-0.2, -0.15) is 0 Å². The SMILES string of the molecule is CCNC(=NCC1CCN(c2ccc(F)c(F)c2)C1)N1CCN(C(=O)OCC)CC1.I. The van der Waals surface area contributed by atoms with E-state index >= 15 is 0 Å². The van der Waals surface area contributed by atoms with Gasteiger partial charge in [0.1, 0.15) is 0 Å². The first-order valence-corrected chi connectivity index (χ1v) is 10.7. The molecule has 1 aromatic carbocycles. The summed E-state index contributed by atoms with van der Waals surface area (Å²) in [6.45, 7) is 9.85. The van der Waals surface area contributed by atoms with Crippen molar-refractivity contribution in [3.05, 3.63) is 29.8 Å². The first-order chi connectivity index (χ1) is 14.5. The van der Waals surface area contributed by atoms with Crippen LogP contribution < -0.4 is 10.2 Å². The molecule has 0 aliphatic carbocycles. The zero-order valence-electron chi connectivity index (χ0n) is 18.1. The number of guanidine groups is 1. The molecule has 174 valence electrons. The van der Waals surface area contributed by atoms with Gasteiger partial charge in [0, 0.05) is 64.1 Å². The molecule has 3 rings (SSSR count). The number of rotatable bonds is 5. The van der Waals surface area contributed by atoms with E-state index in [0.29, 0.717) is 50.9 Å². The van der Waals surface area contributed by atoms with Crippen LogP contribution in [0.3, 0.4) is 0 Å². The Morgan fingerprint density at radius 2 is 1.84 bits per heavy atom. The molecule has 0 aromatic heterocycles. The molecule has 2 saturated heterocycles. The van der Waals surface area contributed by atoms with Crippen molar-refractivity contribution in [3.8, 4) is 0 Å². The van der Waals surface area contributed by atoms with Crippen LogP contribution in [-0.2, 0) is 4.74 Å². The molecule has 1 N–H and O–H groups in total. The highest BCUT2D eigenvalue weighted by Crippen LogP contribution is 2.25. The van der Waals surface area contributed by atoms with Crippen LogP contribution in [0.15, 0.2) is 23.2 Å². The number of nitrogens with zero attached hydrogens (tertiary/aromatic N) is 4. The number of carbonyl (C=O) groups excluding carboxylic acids is 1. The molecule has 31 heavy (non-hydrogen) atoms. The minimum Gasteiger partial charge on any atom is -0.450 e. The minimum atomic E-state index is -0.822. The molecule has 2 fully saturated rings. The zero-order valence-corrected chi connectivity index (χ0v) is 20.5. The lowest BCUT2D eigenvalue weighted by Crippen LogP contribution is -2.54. The maximum absolute atomic E-state index is 13.5. The van der Waals surface area contributed by atoms with Crippen molar-refractivity contribution in [2.24, 2.45) is 10.9 Å². The lowest BCUT2D eigenvalue weighted by molar-refractivity contribution is 0.0914. The highest BCUT2D eigenvalue weighted by Gasteiger charge is 2.26. The quantitative estimate of drug-likeness (QED) is 0.346. The fraction of sp³-hybridized carbons (Fsp3) is 0.619. The fourth-order valence-electron chi connectivity index (χ4n) is 3.85. The number of anilines is 1. The van der Waals surface area contributed by atoms with Gasteiger partial charge in [-0.1, -0.05) is 0 Å². The van der Waals surface area contributed by atoms with Gasteiger partial charge in [0.15, 0.2) is 17.6 Å². The first kappa shape index (κ1) is 25.4. The molecule has 0 bridgehead atoms. The second-order valence-corrected chi connectivity index (χ2v) is 7.57. The second kappa shape index (κ2) is 12.3. The predicted octanol–water partition coefficient (Wildman–Crippen LogP) is 3.15. The van der Waals surface area contributed by atoms with Gasteiger partial charge in [-0.15, -0.1) is 24.0 Å². The lowest BCUT2D eigenvalue weighted by atomic mass is 10.1. The minimum absolute atomic E-state index is 0. The van der Waals surface area contributed by atoms with E-state index in [-0.39, 0.29) is 30.1 Å². The van der Waals surface area contributed by atoms with Crippen molar-refractivity contribution in [3.63, 3.8) is 0 Å². The van der Waals surface area contributed by atoms with Crippen LogP contribution in [0.2, 0.25) is 0 Å². The number of benzene rings is 1. The van der Waals surface area contributed by atoms with Crippen molar-refractivity contribution in [1.29, 1.82) is 0 Å². The van der Waals surface area contributed by atoms with Crippen molar-refractivity contribution in [2.45, 2.75) is 20.3 Å². The van der Waals surface area contributed by atoms with Gasteiger partial charge >= 0.3 is 6.09 Å². The van der Waals surface area contributed by atoms with Gasteiger partial charge < -0.3 is 24.8 Å². The molecule has 0 spiro atoms. The third kappa shape index (κ3) is 6.81. The number of aliphatic imine (C=N–C) groups is 1. The zero-order chi connectivity index (χ0) is 21.5. The van der Waals surface area contributed by atoms with E-state index in [0.717, 1.165) is 32.0 Å². The number of ether oxygens (including phenoxy) is 1. The number of hydrogen-bond acceptors (Lipinski definition) is 4. The van der Waals surface area contributed by atoms with Gasteiger partial charge in [-0.3, -0.25) is 4.99 Å². The summed E-state index contributed by atoms with van der Waals surface area (Å²) < 4.78 is 31.8. The van der Waals surface area contributed by atoms with Crippen molar-refractivity contribution >= 4 is 41.7 Å². The van der Waals surface area contributed by atoms with Crippen molar-refractivity contribution < 1.29 is 18.3 Å². The van der Waals surface area contributed by atoms with E-state index < -0.39 is 11.6 Å². The monoisotopic (exact) mass is 551 g/mol. The maximum atomic E-state index is 13.5. The van der Waals surface area contributed by atoms with Gasteiger partial charge in [0.2, 0.25) is 0 Å². The highest BCUT2D eigenvalue weighted by molar-refractivity contribution is 14.0. The third-order valence-corrected chi connectivity index (χ3v) is 5.49. The van der Waals surface area contributed by atoms with Crippen molar-refractivity contribution in [1.82, 2.24) is 15.1 Å². The van der Waals surface area contributed by atoms with Crippen LogP contribution in [-0.4, -0.2) is 80.8 Å². The molecule has 0 saturated carbocycles. The van der Waals surface area contributed by atoms with Crippen LogP contribution >= 0.6 is 24.0 Å². The molecular formula is C21H32F2IN5O2. The van der Waals surface area contributed by atoms with Gasteiger partial charge in [-0.25, -0.2) is 13.6 Å². The number of nitrogens with one attached hydrogen (secondary N) is 1. The van der Waals surface area contributed by atoms with E-state index in [1.165, 1.54) is 12.1 Å². The molecule has 10 heteroatoms. The standard InChI is InChI=1S/C21H31F2N5O2.HI/c1-3-24-20(26-9-11-27(12-10-26)21(29)30-4-2)25-14-16-7-8-28(15-16)17-5-6-18(22)19(23)13-17;/h5-6,13,16H,3-4,7-12,14-15H2,1-2H3,(H,24,25);1H. The number of carbonyl (C=O) groups is 1. The Balaban J connectivity index is 0.00000341. The Kier molecular flexibility index (Phi) is 10.0. The molecule has 1 amide bonds. The van der Waals surface area contributed by atoms with E-state index in [1.807, 2.05) is 6.92 Å². The second-order valence-electron chi connectivity index (χ2n) is 7.57. The van der Waals surface area contributed by atoms with E-state index in [1.54, 1.807) is 17.9 Å². The van der Waals surface area contributed by atoms with Crippen LogP contribution in [0.5, 0.6) is 0 Å². The molecule has 0 radical (unpaired) electrons. The highest BCUT2D eigenvalue weighted by atomic mass is 127. The number of amides is 1. The van der Waals surface area contributed by atoms with Crippen LogP contribution in [0, 0.1) is 17.6 Å². The van der Waals surface area contributed by atoms with E-state index in [9.17, 15) is 13.6 Å². The molecule has 2 aliphatic heterocycles. The number of halogens is 3. The molecule has 7 nitrogen and oxygen atoms in total. The summed E-state index contributed by atoms with van der Waals surface area (Å²) in [5, 5.41) is 3.34. The molecule has 1 atom stereocenters. The Labute approximate surface area is 199 Å². The molecule has 1 aromatic rings. The maximum Gasteiger partial charge on any atom is 0.409 e. The van der Waals surface area contributed by atoms with E-state index in [2.05, 4.69) is 15.1 Å². The summed E-state index contributed by atoms with van der Waals surface area (Å²) in [5.41, 5.74) is 0.711. The first-order valence-electron chi connectivity index (χ1n) is 10.7. The Morgan fingerprint density at radius 1 is 1.13 bits per heavy atom. The van der Waals surface area contributed by atoms with E-state index in [4.69, 9.17) is 9.73 Å². The average molecular weight is 551 g/mol. The molecule has 2 aliphatic rings. The smallest absolute Gasteiger partial charge is 0.409 e. The Hall–Kier alpha value is -1.85. The molecule has 2 heterocycles. The summed E-state index contributed by atoms with van der Waals surface area (Å²) in [7, 11) is 0. The average Bonchev–Trinajstić information content (AvgIpc) is 3.22. The van der Waals surface area contributed by atoms with Gasteiger partial charge in [0.05, 0.1) is 6.61 Å². The normalized spacial score (nSPS) is 19.3. The van der Waals surface area contributed by atoms with Gasteiger partial charge in [-0.05, 0) is 38.3 Å². The Bertz CT molecular complexity index is 759. The fourth-order valence-corrected chi connectivity index (χ4v) is 3.85. The summed E-state index contributed by atoms with van der Waals surface area (Å²) in [5.74, 6) is -0.428. The van der Waals surface area contributed by atoms with Crippen LogP contribution in [0.1, 0.15) is 20.3 Å². The number of piperazine rings is 1. The summed E-state index contributed by atoms with van der Waals surface area (Å²) in [4.78, 5) is 22.7. The summed E-state index contributed by atoms with van der Waals surface area (Å²) >= 11 is 0. The molecular weight excluding hydrogens is 519 g/mol. The van der Waals surface area contributed by atoms with Gasteiger partial charge in [0.25, 0.3) is 0 Å². The number of hydrogen-bond donors (Lipinski definition) is 1.